The number of rotatable bonds is 2. The first-order valence-electron chi connectivity index (χ1n) is 6.17. The van der Waals surface area contributed by atoms with Crippen molar-refractivity contribution in [1.82, 2.24) is 0 Å². The van der Waals surface area contributed by atoms with Crippen LogP contribution >= 0.6 is 0 Å². The molecule has 92 valence electrons. The largest absolute Gasteiger partial charge is 0.475 e. The van der Waals surface area contributed by atoms with Crippen molar-refractivity contribution < 1.29 is 14.3 Å². The van der Waals surface area contributed by atoms with Gasteiger partial charge in [-0.15, -0.1) is 0 Å². The van der Waals surface area contributed by atoms with Crippen molar-refractivity contribution in [3.8, 4) is 0 Å². The number of hydrogen-bond donors (Lipinski definition) is 1. The van der Waals surface area contributed by atoms with Gasteiger partial charge in [-0.25, -0.2) is 4.79 Å². The zero-order valence-corrected chi connectivity index (χ0v) is 9.85. The van der Waals surface area contributed by atoms with Crippen molar-refractivity contribution in [2.75, 3.05) is 18.0 Å². The Morgan fingerprint density at radius 1 is 1.28 bits per heavy atom. The minimum Gasteiger partial charge on any atom is -0.475 e. The van der Waals surface area contributed by atoms with Crippen LogP contribution in [0.4, 0.5) is 5.69 Å². The highest BCUT2D eigenvalue weighted by Gasteiger charge is 2.52. The maximum absolute atomic E-state index is 10.8. The zero-order chi connectivity index (χ0) is 12.3. The number of aromatic carboxylic acids is 1. The fourth-order valence-corrected chi connectivity index (χ4v) is 2.76. The summed E-state index contributed by atoms with van der Waals surface area (Å²) in [5.74, 6) is -1.02. The van der Waals surface area contributed by atoms with Crippen molar-refractivity contribution in [1.29, 1.82) is 0 Å². The van der Waals surface area contributed by atoms with E-state index in [-0.39, 0.29) is 5.76 Å². The number of carbonyl (C=O) groups is 1. The molecular weight excluding hydrogens is 230 g/mol. The van der Waals surface area contributed by atoms with Gasteiger partial charge < -0.3 is 14.4 Å². The summed E-state index contributed by atoms with van der Waals surface area (Å²) in [5, 5.41) is 9.74. The number of furan rings is 1. The maximum Gasteiger partial charge on any atom is 0.371 e. The Morgan fingerprint density at radius 2 is 2.06 bits per heavy atom. The molecule has 4 heteroatoms. The minimum atomic E-state index is -1.02. The van der Waals surface area contributed by atoms with Crippen LogP contribution in [0.25, 0.3) is 11.0 Å². The molecule has 2 aliphatic rings. The van der Waals surface area contributed by atoms with E-state index in [9.17, 15) is 4.79 Å². The van der Waals surface area contributed by atoms with Crippen LogP contribution in [0.15, 0.2) is 28.7 Å². The SMILES string of the molecule is O=C(O)c1cc2ccc(N3CC4(CC4)C3)cc2o1. The van der Waals surface area contributed by atoms with Crippen LogP contribution < -0.4 is 4.90 Å². The molecule has 0 bridgehead atoms. The van der Waals surface area contributed by atoms with Gasteiger partial charge in [0, 0.05) is 35.6 Å². The summed E-state index contributed by atoms with van der Waals surface area (Å²) in [6, 6.07) is 7.48. The van der Waals surface area contributed by atoms with Crippen LogP contribution in [0.1, 0.15) is 23.4 Å². The fourth-order valence-electron chi connectivity index (χ4n) is 2.76. The Labute approximate surface area is 104 Å². The third-order valence-electron chi connectivity index (χ3n) is 4.09. The molecule has 2 heterocycles. The number of carboxylic acid groups (broad SMARTS) is 1. The first kappa shape index (κ1) is 10.00. The van der Waals surface area contributed by atoms with Crippen LogP contribution in [0.5, 0.6) is 0 Å². The molecular formula is C14H13NO3. The van der Waals surface area contributed by atoms with Crippen LogP contribution in [0.3, 0.4) is 0 Å². The van der Waals surface area contributed by atoms with E-state index in [0.717, 1.165) is 24.2 Å². The number of carboxylic acids is 1. The molecule has 2 aromatic rings. The Kier molecular flexibility index (Phi) is 1.71. The highest BCUT2D eigenvalue weighted by atomic mass is 16.4. The standard InChI is InChI=1S/C14H13NO3/c16-13(17)12-5-9-1-2-10(6-11(9)18-12)15-7-14(8-15)3-4-14/h1-2,5-6H,3-4,7-8H2,(H,16,17). The van der Waals surface area contributed by atoms with Gasteiger partial charge in [-0.1, -0.05) is 0 Å². The number of hydrogen-bond acceptors (Lipinski definition) is 3. The number of nitrogens with zero attached hydrogens (tertiary/aromatic N) is 1. The lowest BCUT2D eigenvalue weighted by molar-refractivity contribution is 0.0665. The molecule has 1 aromatic carbocycles. The summed E-state index contributed by atoms with van der Waals surface area (Å²) in [6.45, 7) is 2.26. The van der Waals surface area contributed by atoms with Crippen LogP contribution in [0.2, 0.25) is 0 Å². The third kappa shape index (κ3) is 1.35. The van der Waals surface area contributed by atoms with E-state index in [1.54, 1.807) is 6.07 Å². The van der Waals surface area contributed by atoms with E-state index in [1.807, 2.05) is 18.2 Å². The monoisotopic (exact) mass is 243 g/mol. The van der Waals surface area contributed by atoms with Crippen molar-refractivity contribution in [3.05, 3.63) is 30.0 Å². The lowest BCUT2D eigenvalue weighted by Gasteiger charge is -2.41. The Bertz CT molecular complexity index is 646. The lowest BCUT2D eigenvalue weighted by atomic mass is 9.96. The van der Waals surface area contributed by atoms with Gasteiger partial charge in [0.05, 0.1) is 0 Å². The summed E-state index contributed by atoms with van der Waals surface area (Å²) in [4.78, 5) is 13.2. The molecule has 1 N–H and O–H groups in total. The van der Waals surface area contributed by atoms with Gasteiger partial charge in [-0.2, -0.15) is 0 Å². The molecule has 2 fully saturated rings. The van der Waals surface area contributed by atoms with E-state index in [4.69, 9.17) is 9.52 Å². The number of fused-ring (bicyclic) bond motifs is 1. The maximum atomic E-state index is 10.8. The Morgan fingerprint density at radius 3 is 2.72 bits per heavy atom. The third-order valence-corrected chi connectivity index (χ3v) is 4.09. The first-order chi connectivity index (χ1) is 8.65. The molecule has 0 amide bonds. The van der Waals surface area contributed by atoms with E-state index < -0.39 is 5.97 Å². The van der Waals surface area contributed by atoms with Crippen molar-refractivity contribution >= 4 is 22.6 Å². The highest BCUT2D eigenvalue weighted by molar-refractivity contribution is 5.92. The summed E-state index contributed by atoms with van der Waals surface area (Å²) in [6.07, 6.45) is 2.71. The molecule has 18 heavy (non-hydrogen) atoms. The normalized spacial score (nSPS) is 20.1. The van der Waals surface area contributed by atoms with Gasteiger partial charge in [0.1, 0.15) is 5.58 Å². The minimum absolute atomic E-state index is 0.00410. The molecule has 1 aliphatic heterocycles. The van der Waals surface area contributed by atoms with Crippen molar-refractivity contribution in [3.63, 3.8) is 0 Å². The van der Waals surface area contributed by atoms with E-state index in [1.165, 1.54) is 12.8 Å². The molecule has 1 saturated heterocycles. The van der Waals surface area contributed by atoms with Gasteiger partial charge in [-0.05, 0) is 31.0 Å². The summed E-state index contributed by atoms with van der Waals surface area (Å²) in [7, 11) is 0. The summed E-state index contributed by atoms with van der Waals surface area (Å²) in [5.41, 5.74) is 2.40. The smallest absolute Gasteiger partial charge is 0.371 e. The quantitative estimate of drug-likeness (QED) is 0.881. The molecule has 1 aromatic heterocycles. The van der Waals surface area contributed by atoms with Gasteiger partial charge in [0.2, 0.25) is 5.76 Å². The zero-order valence-electron chi connectivity index (χ0n) is 9.85. The summed E-state index contributed by atoms with van der Waals surface area (Å²) >= 11 is 0. The second-order valence-electron chi connectivity index (χ2n) is 5.49. The first-order valence-corrected chi connectivity index (χ1v) is 6.17. The molecule has 4 nitrogen and oxygen atoms in total. The van der Waals surface area contributed by atoms with Crippen LogP contribution in [-0.2, 0) is 0 Å². The lowest BCUT2D eigenvalue weighted by Crippen LogP contribution is -2.48. The van der Waals surface area contributed by atoms with Gasteiger partial charge in [0.25, 0.3) is 0 Å². The van der Waals surface area contributed by atoms with Crippen molar-refractivity contribution in [2.45, 2.75) is 12.8 Å². The summed E-state index contributed by atoms with van der Waals surface area (Å²) < 4.78 is 5.33. The van der Waals surface area contributed by atoms with Crippen LogP contribution in [0, 0.1) is 5.41 Å². The average molecular weight is 243 g/mol. The molecule has 1 aliphatic carbocycles. The van der Waals surface area contributed by atoms with Gasteiger partial charge >= 0.3 is 5.97 Å². The van der Waals surface area contributed by atoms with Gasteiger partial charge in [0.15, 0.2) is 0 Å². The van der Waals surface area contributed by atoms with Crippen LogP contribution in [-0.4, -0.2) is 24.2 Å². The van der Waals surface area contributed by atoms with Gasteiger partial charge in [-0.3, -0.25) is 0 Å². The molecule has 1 saturated carbocycles. The molecule has 0 atom stereocenters. The predicted molar refractivity (Wildman–Crippen MR) is 67.1 cm³/mol. The number of anilines is 1. The molecule has 1 spiro atoms. The molecule has 4 rings (SSSR count). The van der Waals surface area contributed by atoms with E-state index in [0.29, 0.717) is 11.0 Å². The second-order valence-corrected chi connectivity index (χ2v) is 5.49. The van der Waals surface area contributed by atoms with E-state index >= 15 is 0 Å². The van der Waals surface area contributed by atoms with Crippen molar-refractivity contribution in [2.24, 2.45) is 5.41 Å². The predicted octanol–water partition coefficient (Wildman–Crippen LogP) is 2.73. The average Bonchev–Trinajstić information content (AvgIpc) is 2.98. The Hall–Kier alpha value is -1.97. The highest BCUT2D eigenvalue weighted by Crippen LogP contribution is 2.54. The number of benzene rings is 1. The topological polar surface area (TPSA) is 53.7 Å². The molecule has 0 unspecified atom stereocenters. The van der Waals surface area contributed by atoms with E-state index in [2.05, 4.69) is 4.90 Å². The fraction of sp³-hybridized carbons (Fsp3) is 0.357. The molecule has 0 radical (unpaired) electrons. The Balaban J connectivity index is 1.68. The second kappa shape index (κ2) is 3.07.